The van der Waals surface area contributed by atoms with Gasteiger partial charge in [-0.05, 0) is 73.6 Å². The van der Waals surface area contributed by atoms with Crippen molar-refractivity contribution in [2.75, 3.05) is 0 Å². The summed E-state index contributed by atoms with van der Waals surface area (Å²) in [5.41, 5.74) is 4.84. The molecule has 0 radical (unpaired) electrons. The maximum absolute atomic E-state index is 14.1. The smallest absolute Gasteiger partial charge is 0.305 e. The van der Waals surface area contributed by atoms with Crippen molar-refractivity contribution in [3.63, 3.8) is 0 Å². The van der Waals surface area contributed by atoms with E-state index in [1.807, 2.05) is 80.8 Å². The first kappa shape index (κ1) is 32.5. The Kier molecular flexibility index (Phi) is 11.8. The van der Waals surface area contributed by atoms with Crippen LogP contribution in [0.1, 0.15) is 75.3 Å². The van der Waals surface area contributed by atoms with Crippen molar-refractivity contribution < 1.29 is 29.3 Å². The number of carbonyl (C=O) groups excluding carboxylic acids is 1. The number of hydrogen-bond acceptors (Lipinski definition) is 4. The van der Waals surface area contributed by atoms with Crippen molar-refractivity contribution in [1.29, 1.82) is 0 Å². The molecule has 0 spiro atoms. The zero-order valence-corrected chi connectivity index (χ0v) is 24.7. The molecule has 2 aromatic carbocycles. The van der Waals surface area contributed by atoms with Gasteiger partial charge >= 0.3 is 5.97 Å². The zero-order valence-electron chi connectivity index (χ0n) is 24.7. The monoisotopic (exact) mass is 576 g/mol. The van der Waals surface area contributed by atoms with Crippen LogP contribution in [0.5, 0.6) is 0 Å². The first-order valence-corrected chi connectivity index (χ1v) is 14.3. The van der Waals surface area contributed by atoms with Crippen LogP contribution in [-0.2, 0) is 11.3 Å². The molecule has 2 atom stereocenters. The molecule has 0 bridgehead atoms. The Labute approximate surface area is 247 Å². The fraction of sp³-hybridized carbons (Fsp3) is 0.353. The Morgan fingerprint density at radius 1 is 1.00 bits per heavy atom. The first-order chi connectivity index (χ1) is 20.0. The normalized spacial score (nSPS) is 13.5. The number of nitrogens with zero attached hydrogens (tertiary/aromatic N) is 1. The molecule has 8 heteroatoms. The number of aliphatic hydroxyl groups excluding tert-OH is 2. The van der Waals surface area contributed by atoms with Crippen LogP contribution in [0.15, 0.2) is 78.5 Å². The van der Waals surface area contributed by atoms with Gasteiger partial charge in [-0.25, -0.2) is 4.39 Å². The molecule has 0 aliphatic carbocycles. The number of carboxylic acids is 1. The molecule has 0 fully saturated rings. The number of carbonyl (C=O) groups is 2. The molecule has 3 rings (SSSR count). The van der Waals surface area contributed by atoms with Crippen molar-refractivity contribution in [1.82, 2.24) is 9.88 Å². The lowest BCUT2D eigenvalue weighted by atomic mass is 9.94. The Balaban J connectivity index is 2.23. The van der Waals surface area contributed by atoms with Gasteiger partial charge in [0.15, 0.2) is 0 Å². The van der Waals surface area contributed by atoms with Gasteiger partial charge in [0.05, 0.1) is 29.9 Å². The lowest BCUT2D eigenvalue weighted by Crippen LogP contribution is -2.24. The highest BCUT2D eigenvalue weighted by atomic mass is 19.1. The van der Waals surface area contributed by atoms with E-state index in [1.165, 1.54) is 12.1 Å². The third kappa shape index (κ3) is 8.50. The second kappa shape index (κ2) is 15.3. The number of rotatable bonds is 14. The summed E-state index contributed by atoms with van der Waals surface area (Å²) in [5.74, 6) is -1.92. The summed E-state index contributed by atoms with van der Waals surface area (Å²) in [6, 6.07) is 15.6. The highest BCUT2D eigenvalue weighted by molar-refractivity contribution is 6.07. The molecule has 4 N–H and O–H groups in total. The van der Waals surface area contributed by atoms with E-state index < -0.39 is 24.6 Å². The maximum Gasteiger partial charge on any atom is 0.305 e. The van der Waals surface area contributed by atoms with Crippen molar-refractivity contribution in [3.05, 3.63) is 95.6 Å². The van der Waals surface area contributed by atoms with Gasteiger partial charge in [-0.1, -0.05) is 63.3 Å². The molecule has 3 aromatic rings. The summed E-state index contributed by atoms with van der Waals surface area (Å²) < 4.78 is 16.0. The minimum atomic E-state index is -1.18. The molecule has 224 valence electrons. The highest BCUT2D eigenvalue weighted by Gasteiger charge is 2.30. The fourth-order valence-electron chi connectivity index (χ4n) is 5.12. The number of carboxylic acid groups (broad SMARTS) is 1. The molecule has 1 heterocycles. The van der Waals surface area contributed by atoms with E-state index in [9.17, 15) is 24.2 Å². The Hall–Kier alpha value is -4.01. The van der Waals surface area contributed by atoms with Gasteiger partial charge in [0.1, 0.15) is 5.82 Å². The highest BCUT2D eigenvalue weighted by Crippen LogP contribution is 2.42. The van der Waals surface area contributed by atoms with Gasteiger partial charge < -0.3 is 25.2 Å². The number of benzene rings is 2. The number of aliphatic hydroxyl groups is 2. The zero-order chi connectivity index (χ0) is 30.8. The Morgan fingerprint density at radius 2 is 1.67 bits per heavy atom. The Bertz CT molecular complexity index is 1410. The van der Waals surface area contributed by atoms with Crippen molar-refractivity contribution in [3.8, 4) is 22.4 Å². The predicted molar refractivity (Wildman–Crippen MR) is 164 cm³/mol. The average Bonchev–Trinajstić information content (AvgIpc) is 3.28. The van der Waals surface area contributed by atoms with E-state index in [1.54, 1.807) is 12.1 Å². The molecule has 0 aliphatic rings. The van der Waals surface area contributed by atoms with Crippen LogP contribution in [0.2, 0.25) is 0 Å². The van der Waals surface area contributed by atoms with E-state index in [0.717, 1.165) is 17.7 Å². The van der Waals surface area contributed by atoms with Gasteiger partial charge in [-0.3, -0.25) is 9.59 Å². The molecule has 1 amide bonds. The van der Waals surface area contributed by atoms with Crippen molar-refractivity contribution in [2.24, 2.45) is 0 Å². The average molecular weight is 577 g/mol. The van der Waals surface area contributed by atoms with Gasteiger partial charge in [0.2, 0.25) is 0 Å². The van der Waals surface area contributed by atoms with Crippen LogP contribution in [0.25, 0.3) is 22.4 Å². The number of aliphatic carboxylic acids is 1. The van der Waals surface area contributed by atoms with Gasteiger partial charge in [-0.2, -0.15) is 0 Å². The summed E-state index contributed by atoms with van der Waals surface area (Å²) in [7, 11) is 0. The van der Waals surface area contributed by atoms with Crippen molar-refractivity contribution >= 4 is 11.9 Å². The number of nitrogens with one attached hydrogen (secondary N) is 1. The number of aromatic nitrogens is 1. The predicted octanol–water partition coefficient (Wildman–Crippen LogP) is 6.66. The maximum atomic E-state index is 14.1. The van der Waals surface area contributed by atoms with Gasteiger partial charge in [0, 0.05) is 23.5 Å². The summed E-state index contributed by atoms with van der Waals surface area (Å²) in [6.45, 7) is 8.12. The van der Waals surface area contributed by atoms with Crippen LogP contribution in [0, 0.1) is 5.82 Å². The molecule has 0 aliphatic heterocycles. The number of allylic oxidation sites excluding steroid dienone is 4. The molecule has 42 heavy (non-hydrogen) atoms. The second-order valence-corrected chi connectivity index (χ2v) is 10.7. The number of hydrogen-bond donors (Lipinski definition) is 4. The fourth-order valence-corrected chi connectivity index (χ4v) is 5.12. The first-order valence-electron chi connectivity index (χ1n) is 14.3. The summed E-state index contributed by atoms with van der Waals surface area (Å²) >= 11 is 0. The third-order valence-corrected chi connectivity index (χ3v) is 6.93. The summed E-state index contributed by atoms with van der Waals surface area (Å²) in [6.07, 6.45) is 4.10. The van der Waals surface area contributed by atoms with E-state index in [4.69, 9.17) is 5.11 Å². The number of halogens is 1. The van der Waals surface area contributed by atoms with Crippen LogP contribution < -0.4 is 5.32 Å². The van der Waals surface area contributed by atoms with E-state index in [-0.39, 0.29) is 37.0 Å². The molecule has 7 nitrogen and oxygen atoms in total. The molecular weight excluding hydrogens is 535 g/mol. The molecule has 0 saturated carbocycles. The van der Waals surface area contributed by atoms with E-state index in [0.29, 0.717) is 28.1 Å². The van der Waals surface area contributed by atoms with Gasteiger partial charge in [0.25, 0.3) is 5.91 Å². The lowest BCUT2D eigenvalue weighted by molar-refractivity contribution is -0.139. The largest absolute Gasteiger partial charge is 0.481 e. The lowest BCUT2D eigenvalue weighted by Gasteiger charge is -2.20. The number of amides is 1. The molecular formula is C34H41FN2O5. The standard InChI is InChI=1S/C34H41FN2O5/c1-5-6-8-11-23(4)36-34(42)31-30(24-12-9-7-10-13-24)33(25-14-16-26(35)17-15-25)37(32(31)22(2)3)19-18-27(38)20-28(39)21-29(40)41/h6-17,22,27-28,38-39H,5,18-21H2,1-4H3,(H,36,42)(H,40,41)/b8-6-,23-11+. The molecule has 0 saturated heterocycles. The molecule has 2 unspecified atom stereocenters. The van der Waals surface area contributed by atoms with Crippen LogP contribution in [-0.4, -0.2) is 44.0 Å². The Morgan fingerprint density at radius 3 is 2.26 bits per heavy atom. The minimum Gasteiger partial charge on any atom is -0.481 e. The summed E-state index contributed by atoms with van der Waals surface area (Å²) in [4.78, 5) is 25.0. The SMILES string of the molecule is CC/C=C\C=C(/C)NC(=O)c1c(-c2ccccc2)c(-c2ccc(F)cc2)n(CCC(O)CC(O)CC(=O)O)c1C(C)C. The minimum absolute atomic E-state index is 0.0926. The second-order valence-electron chi connectivity index (χ2n) is 10.7. The quantitative estimate of drug-likeness (QED) is 0.160. The molecule has 1 aromatic heterocycles. The van der Waals surface area contributed by atoms with Crippen LogP contribution in [0.4, 0.5) is 4.39 Å². The van der Waals surface area contributed by atoms with Gasteiger partial charge in [-0.15, -0.1) is 0 Å². The third-order valence-electron chi connectivity index (χ3n) is 6.93. The van der Waals surface area contributed by atoms with Crippen LogP contribution in [0.3, 0.4) is 0 Å². The summed E-state index contributed by atoms with van der Waals surface area (Å²) in [5, 5.41) is 32.8. The van der Waals surface area contributed by atoms with E-state index in [2.05, 4.69) is 5.32 Å². The topological polar surface area (TPSA) is 112 Å². The van der Waals surface area contributed by atoms with Crippen molar-refractivity contribution in [2.45, 2.75) is 78.0 Å². The van der Waals surface area contributed by atoms with E-state index >= 15 is 0 Å². The van der Waals surface area contributed by atoms with Crippen LogP contribution >= 0.6 is 0 Å².